The highest BCUT2D eigenvalue weighted by atomic mass is 35.5. The van der Waals surface area contributed by atoms with E-state index in [9.17, 15) is 18.7 Å². The summed E-state index contributed by atoms with van der Waals surface area (Å²) in [4.78, 5) is 20.9. The number of hydrogen-bond acceptors (Lipinski definition) is 9. The van der Waals surface area contributed by atoms with Gasteiger partial charge in [0, 0.05) is 17.3 Å². The molecule has 35 heavy (non-hydrogen) atoms. The number of primary amides is 1. The normalized spacial score (nSPS) is 11.0. The Hall–Kier alpha value is -3.74. The van der Waals surface area contributed by atoms with E-state index in [4.69, 9.17) is 22.1 Å². The molecule has 0 aliphatic carbocycles. The topological polar surface area (TPSA) is 133 Å². The molecule has 0 aliphatic rings. The van der Waals surface area contributed by atoms with E-state index in [0.717, 1.165) is 11.3 Å². The Kier molecular flexibility index (Phi) is 7.44. The van der Waals surface area contributed by atoms with Gasteiger partial charge in [-0.1, -0.05) is 46.2 Å². The van der Waals surface area contributed by atoms with Crippen molar-refractivity contribution in [1.29, 1.82) is 0 Å². The second kappa shape index (κ2) is 10.7. The Morgan fingerprint density at radius 2 is 1.94 bits per heavy atom. The Balaban J connectivity index is 1.75. The first-order valence-corrected chi connectivity index (χ1v) is 11.1. The third-order valence-corrected chi connectivity index (χ3v) is 5.68. The van der Waals surface area contributed by atoms with Gasteiger partial charge in [-0.3, -0.25) is 9.78 Å². The van der Waals surface area contributed by atoms with E-state index >= 15 is 0 Å². The number of benzene rings is 1. The summed E-state index contributed by atoms with van der Waals surface area (Å²) in [7, 11) is 0. The molecular weight excluding hydrogens is 504 g/mol. The molecule has 3 N–H and O–H groups in total. The maximum Gasteiger partial charge on any atom is 0.387 e. The van der Waals surface area contributed by atoms with Crippen LogP contribution in [0, 0.1) is 0 Å². The first-order chi connectivity index (χ1) is 16.9. The Bertz CT molecular complexity index is 1350. The quantitative estimate of drug-likeness (QED) is 0.338. The standard InChI is InChI=1S/C22H16ClF2N5O4S/c23-11-5-6-12(27-8-11)10-33-22-30-29-20(35-22)18-17(19(26)32)15(7-13(9-31)28-18)14-3-1-2-4-16(14)34-21(24)25/h1-8,21,31H,9-10H2,(H2,26,32). The summed E-state index contributed by atoms with van der Waals surface area (Å²) < 4.78 is 36.2. The van der Waals surface area contributed by atoms with E-state index in [1.165, 1.54) is 30.5 Å². The molecule has 1 amide bonds. The molecule has 0 radical (unpaired) electrons. The van der Waals surface area contributed by atoms with Crippen molar-refractivity contribution < 1.29 is 28.2 Å². The number of rotatable bonds is 9. The first-order valence-electron chi connectivity index (χ1n) is 9.91. The predicted molar refractivity (Wildman–Crippen MR) is 123 cm³/mol. The monoisotopic (exact) mass is 519 g/mol. The van der Waals surface area contributed by atoms with Crippen molar-refractivity contribution in [1.82, 2.24) is 20.2 Å². The minimum atomic E-state index is -3.09. The van der Waals surface area contributed by atoms with E-state index in [0.29, 0.717) is 10.7 Å². The van der Waals surface area contributed by atoms with Crippen LogP contribution in [0.25, 0.3) is 21.8 Å². The number of nitrogens with zero attached hydrogens (tertiary/aromatic N) is 4. The molecule has 3 heterocycles. The smallest absolute Gasteiger partial charge is 0.387 e. The van der Waals surface area contributed by atoms with Gasteiger partial charge in [0.1, 0.15) is 18.1 Å². The van der Waals surface area contributed by atoms with Gasteiger partial charge >= 0.3 is 6.61 Å². The first kappa shape index (κ1) is 24.4. The molecule has 180 valence electrons. The second-order valence-corrected chi connectivity index (χ2v) is 8.29. The highest BCUT2D eigenvalue weighted by Crippen LogP contribution is 2.38. The summed E-state index contributed by atoms with van der Waals surface area (Å²) in [5.74, 6) is -1.07. The number of aromatic nitrogens is 4. The zero-order chi connectivity index (χ0) is 24.9. The summed E-state index contributed by atoms with van der Waals surface area (Å²) in [5, 5.41) is 18.6. The number of nitrogens with two attached hydrogens (primary N) is 1. The summed E-state index contributed by atoms with van der Waals surface area (Å²) in [6, 6.07) is 10.6. The number of alkyl halides is 2. The van der Waals surface area contributed by atoms with Crippen LogP contribution in [0.1, 0.15) is 21.7 Å². The fourth-order valence-electron chi connectivity index (χ4n) is 3.17. The predicted octanol–water partition coefficient (Wildman–Crippen LogP) is 4.09. The van der Waals surface area contributed by atoms with Crippen LogP contribution in [0.15, 0.2) is 48.7 Å². The second-order valence-electron chi connectivity index (χ2n) is 6.91. The van der Waals surface area contributed by atoms with Gasteiger partial charge < -0.3 is 20.3 Å². The SMILES string of the molecule is NC(=O)c1c(-c2ccccc2OC(F)F)cc(CO)nc1-c1nnc(OCc2ccc(Cl)cn2)s1. The van der Waals surface area contributed by atoms with Crippen molar-refractivity contribution in [2.75, 3.05) is 0 Å². The molecule has 0 spiro atoms. The van der Waals surface area contributed by atoms with Crippen LogP contribution in [-0.2, 0) is 13.2 Å². The number of hydrogen-bond donors (Lipinski definition) is 2. The highest BCUT2D eigenvalue weighted by molar-refractivity contribution is 7.16. The summed E-state index contributed by atoms with van der Waals surface area (Å²) in [5.41, 5.74) is 6.63. The van der Waals surface area contributed by atoms with Crippen molar-refractivity contribution in [2.45, 2.75) is 19.8 Å². The minimum Gasteiger partial charge on any atom is -0.462 e. The van der Waals surface area contributed by atoms with E-state index < -0.39 is 19.1 Å². The van der Waals surface area contributed by atoms with Gasteiger partial charge in [-0.05, 0) is 24.3 Å². The van der Waals surface area contributed by atoms with Crippen LogP contribution < -0.4 is 15.2 Å². The third kappa shape index (κ3) is 5.67. The molecule has 4 aromatic rings. The molecule has 0 unspecified atom stereocenters. The lowest BCUT2D eigenvalue weighted by molar-refractivity contribution is -0.0494. The summed E-state index contributed by atoms with van der Waals surface area (Å²) >= 11 is 6.80. The lowest BCUT2D eigenvalue weighted by atomic mass is 9.96. The number of pyridine rings is 2. The lowest BCUT2D eigenvalue weighted by Gasteiger charge is -2.15. The van der Waals surface area contributed by atoms with Gasteiger partial charge in [-0.15, -0.1) is 5.10 Å². The molecule has 0 atom stereocenters. The summed E-state index contributed by atoms with van der Waals surface area (Å²) in [6.07, 6.45) is 1.48. The number of para-hydroxylation sites is 1. The largest absolute Gasteiger partial charge is 0.462 e. The van der Waals surface area contributed by atoms with Crippen LogP contribution in [0.4, 0.5) is 8.78 Å². The number of halogens is 3. The fraction of sp³-hybridized carbons (Fsp3) is 0.136. The van der Waals surface area contributed by atoms with Crippen molar-refractivity contribution >= 4 is 28.8 Å². The van der Waals surface area contributed by atoms with Gasteiger partial charge in [0.05, 0.1) is 28.6 Å². The summed E-state index contributed by atoms with van der Waals surface area (Å²) in [6.45, 7) is -3.51. The average Bonchev–Trinajstić information content (AvgIpc) is 3.32. The van der Waals surface area contributed by atoms with E-state index in [1.807, 2.05) is 0 Å². The maximum absolute atomic E-state index is 13.0. The van der Waals surface area contributed by atoms with Crippen molar-refractivity contribution in [3.8, 4) is 32.8 Å². The van der Waals surface area contributed by atoms with Gasteiger partial charge in [-0.25, -0.2) is 4.98 Å². The molecule has 0 fully saturated rings. The molecule has 0 saturated heterocycles. The molecule has 0 saturated carbocycles. The Labute approximate surface area is 206 Å². The molecule has 13 heteroatoms. The molecule has 1 aromatic carbocycles. The van der Waals surface area contributed by atoms with Gasteiger partial charge in [0.2, 0.25) is 0 Å². The zero-order valence-electron chi connectivity index (χ0n) is 17.7. The molecule has 4 rings (SSSR count). The third-order valence-electron chi connectivity index (χ3n) is 4.62. The number of aliphatic hydroxyl groups excluding tert-OH is 1. The number of aliphatic hydroxyl groups is 1. The molecule has 9 nitrogen and oxygen atoms in total. The average molecular weight is 520 g/mol. The van der Waals surface area contributed by atoms with Crippen molar-refractivity contribution in [2.24, 2.45) is 5.73 Å². The number of carbonyl (C=O) groups excluding carboxylic acids is 1. The van der Waals surface area contributed by atoms with E-state index in [1.54, 1.807) is 18.2 Å². The van der Waals surface area contributed by atoms with Gasteiger partial charge in [-0.2, -0.15) is 8.78 Å². The minimum absolute atomic E-state index is 0.0165. The zero-order valence-corrected chi connectivity index (χ0v) is 19.3. The van der Waals surface area contributed by atoms with Crippen LogP contribution in [0.5, 0.6) is 10.9 Å². The van der Waals surface area contributed by atoms with Crippen LogP contribution >= 0.6 is 22.9 Å². The van der Waals surface area contributed by atoms with Crippen LogP contribution in [-0.4, -0.2) is 37.8 Å². The van der Waals surface area contributed by atoms with Gasteiger partial charge in [0.25, 0.3) is 11.1 Å². The van der Waals surface area contributed by atoms with Gasteiger partial charge in [0.15, 0.2) is 5.01 Å². The highest BCUT2D eigenvalue weighted by Gasteiger charge is 2.25. The van der Waals surface area contributed by atoms with E-state index in [2.05, 4.69) is 24.9 Å². The molecule has 3 aromatic heterocycles. The van der Waals surface area contributed by atoms with Crippen LogP contribution in [0.2, 0.25) is 5.02 Å². The number of ether oxygens (including phenoxy) is 2. The maximum atomic E-state index is 13.0. The Morgan fingerprint density at radius 1 is 1.14 bits per heavy atom. The molecule has 0 aliphatic heterocycles. The number of amides is 1. The van der Waals surface area contributed by atoms with Crippen molar-refractivity contribution in [3.63, 3.8) is 0 Å². The molecular formula is C22H16ClF2N5O4S. The van der Waals surface area contributed by atoms with Crippen LogP contribution in [0.3, 0.4) is 0 Å². The lowest BCUT2D eigenvalue weighted by Crippen LogP contribution is -2.16. The Morgan fingerprint density at radius 3 is 2.63 bits per heavy atom. The van der Waals surface area contributed by atoms with Crippen molar-refractivity contribution in [3.05, 3.63) is 70.6 Å². The van der Waals surface area contributed by atoms with E-state index in [-0.39, 0.29) is 50.6 Å². The number of carbonyl (C=O) groups is 1. The fourth-order valence-corrected chi connectivity index (χ4v) is 3.98. The molecule has 0 bridgehead atoms.